The minimum atomic E-state index is -0.675. The maximum absolute atomic E-state index is 11.7. The Kier molecular flexibility index (Phi) is 7.08. The first-order chi connectivity index (χ1) is 18.3. The lowest BCUT2D eigenvalue weighted by atomic mass is 10.1. The number of aliphatic hydroxyl groups is 1. The monoisotopic (exact) mass is 512 g/mol. The normalized spacial score (nSPS) is 14.4. The number of β-amino-alcohol motifs (C(OH)–C–C–N with tert-alkyl or cyclic N) is 1. The van der Waals surface area contributed by atoms with Crippen LogP contribution in [0.4, 0.5) is 23.0 Å². The van der Waals surface area contributed by atoms with E-state index in [0.717, 1.165) is 43.1 Å². The first-order valence-electron chi connectivity index (χ1n) is 12.6. The van der Waals surface area contributed by atoms with Gasteiger partial charge in [0.15, 0.2) is 5.65 Å². The van der Waals surface area contributed by atoms with Gasteiger partial charge in [0.25, 0.3) is 0 Å². The molecule has 3 N–H and O–H groups in total. The molecule has 1 amide bonds. The van der Waals surface area contributed by atoms with Crippen LogP contribution >= 0.6 is 0 Å². The van der Waals surface area contributed by atoms with Crippen molar-refractivity contribution in [2.24, 2.45) is 0 Å². The van der Waals surface area contributed by atoms with Crippen molar-refractivity contribution in [3.63, 3.8) is 0 Å². The minimum absolute atomic E-state index is 0.273. The highest BCUT2D eigenvalue weighted by molar-refractivity contribution is 5.99. The number of benzene rings is 2. The fraction of sp³-hybridized carbons (Fsp3) is 0.286. The summed E-state index contributed by atoms with van der Waals surface area (Å²) in [4.78, 5) is 30.0. The largest absolute Gasteiger partial charge is 0.389 e. The lowest BCUT2D eigenvalue weighted by Gasteiger charge is -2.38. The first kappa shape index (κ1) is 25.4. The standard InChI is InChI=1S/C28H32N8O2/c1-4-24(37)31-22-7-5-6-20(16-22)25-26-33-27(30-19-36(26)18-29-25)32-21-8-10-23(11-9-21)35-14-12-34(13-15-35)17-28(2,3)38/h4-11,16,18-19,38H,1,12-15,17H2,2-3H3,(H,31,37)(H,32,33). The lowest BCUT2D eigenvalue weighted by Crippen LogP contribution is -2.50. The van der Waals surface area contributed by atoms with Gasteiger partial charge in [-0.15, -0.1) is 0 Å². The number of piperazine rings is 1. The molecule has 1 fully saturated rings. The highest BCUT2D eigenvalue weighted by atomic mass is 16.3. The van der Waals surface area contributed by atoms with Gasteiger partial charge in [0.2, 0.25) is 11.9 Å². The number of hydrogen-bond acceptors (Lipinski definition) is 8. The van der Waals surface area contributed by atoms with Gasteiger partial charge < -0.3 is 20.6 Å². The van der Waals surface area contributed by atoms with Gasteiger partial charge in [-0.1, -0.05) is 18.7 Å². The van der Waals surface area contributed by atoms with Gasteiger partial charge in [0.1, 0.15) is 18.3 Å². The van der Waals surface area contributed by atoms with Crippen LogP contribution in [-0.4, -0.2) is 73.6 Å². The Morgan fingerprint density at radius 1 is 1.05 bits per heavy atom. The van der Waals surface area contributed by atoms with Crippen LogP contribution in [0.15, 0.2) is 73.8 Å². The number of carbonyl (C=O) groups excluding carboxylic acids is 1. The fourth-order valence-electron chi connectivity index (χ4n) is 4.59. The molecule has 1 saturated heterocycles. The number of nitrogens with zero attached hydrogens (tertiary/aromatic N) is 6. The maximum Gasteiger partial charge on any atom is 0.247 e. The zero-order chi connectivity index (χ0) is 26.7. The quantitative estimate of drug-likeness (QED) is 0.308. The molecule has 2 aromatic heterocycles. The number of fused-ring (bicyclic) bond motifs is 1. The number of nitrogens with one attached hydrogen (secondary N) is 2. The van der Waals surface area contributed by atoms with Gasteiger partial charge in [-0.3, -0.25) is 14.1 Å². The summed E-state index contributed by atoms with van der Waals surface area (Å²) < 4.78 is 1.76. The van der Waals surface area contributed by atoms with Crippen LogP contribution in [0.25, 0.3) is 16.9 Å². The van der Waals surface area contributed by atoms with Crippen molar-refractivity contribution in [1.82, 2.24) is 24.3 Å². The first-order valence-corrected chi connectivity index (χ1v) is 12.6. The number of hydrogen-bond donors (Lipinski definition) is 3. The molecular weight excluding hydrogens is 480 g/mol. The van der Waals surface area contributed by atoms with Gasteiger partial charge in [0.05, 0.1) is 5.60 Å². The third-order valence-electron chi connectivity index (χ3n) is 6.34. The van der Waals surface area contributed by atoms with Gasteiger partial charge >= 0.3 is 0 Å². The van der Waals surface area contributed by atoms with Gasteiger partial charge in [-0.25, -0.2) is 9.97 Å². The van der Waals surface area contributed by atoms with Crippen LogP contribution in [0.5, 0.6) is 0 Å². The molecule has 0 saturated carbocycles. The van der Waals surface area contributed by atoms with E-state index in [1.54, 1.807) is 17.1 Å². The Hall–Kier alpha value is -4.28. The molecule has 0 unspecified atom stereocenters. The molecule has 1 aliphatic heterocycles. The Balaban J connectivity index is 1.28. The van der Waals surface area contributed by atoms with E-state index in [4.69, 9.17) is 4.98 Å². The number of carbonyl (C=O) groups is 1. The molecule has 0 atom stereocenters. The molecule has 10 heteroatoms. The van der Waals surface area contributed by atoms with Crippen LogP contribution in [-0.2, 0) is 4.79 Å². The van der Waals surface area contributed by atoms with Crippen molar-refractivity contribution in [2.45, 2.75) is 19.4 Å². The average Bonchev–Trinajstić information content (AvgIpc) is 3.32. The summed E-state index contributed by atoms with van der Waals surface area (Å²) in [7, 11) is 0. The molecule has 196 valence electrons. The van der Waals surface area contributed by atoms with Crippen LogP contribution in [0, 0.1) is 0 Å². The molecule has 0 spiro atoms. The molecule has 0 bridgehead atoms. The summed E-state index contributed by atoms with van der Waals surface area (Å²) in [5, 5.41) is 16.1. The van der Waals surface area contributed by atoms with Crippen molar-refractivity contribution in [3.05, 3.63) is 73.8 Å². The molecular formula is C28H32N8O2. The fourth-order valence-corrected chi connectivity index (χ4v) is 4.59. The average molecular weight is 513 g/mol. The lowest BCUT2D eigenvalue weighted by molar-refractivity contribution is -0.111. The molecule has 5 rings (SSSR count). The molecule has 2 aromatic carbocycles. The van der Waals surface area contributed by atoms with E-state index in [2.05, 4.69) is 49.1 Å². The van der Waals surface area contributed by atoms with E-state index in [-0.39, 0.29) is 5.91 Å². The smallest absolute Gasteiger partial charge is 0.247 e. The minimum Gasteiger partial charge on any atom is -0.389 e. The topological polar surface area (TPSA) is 111 Å². The van der Waals surface area contributed by atoms with E-state index in [1.807, 2.05) is 50.2 Å². The summed E-state index contributed by atoms with van der Waals surface area (Å²) in [5.74, 6) is 0.188. The second-order valence-electron chi connectivity index (χ2n) is 10.0. The molecule has 3 heterocycles. The number of aromatic nitrogens is 4. The number of anilines is 4. The van der Waals surface area contributed by atoms with Crippen molar-refractivity contribution in [1.29, 1.82) is 0 Å². The SMILES string of the molecule is C=CC(=O)Nc1cccc(-c2ncn3cnc(Nc4ccc(N5CCN(CC(C)(C)O)CC5)cc4)nc23)c1. The van der Waals surface area contributed by atoms with Crippen molar-refractivity contribution in [3.8, 4) is 11.3 Å². The summed E-state index contributed by atoms with van der Waals surface area (Å²) in [6.07, 6.45) is 4.57. The number of imidazole rings is 1. The maximum atomic E-state index is 11.7. The third-order valence-corrected chi connectivity index (χ3v) is 6.34. The van der Waals surface area contributed by atoms with Crippen molar-refractivity contribution >= 4 is 34.6 Å². The predicted molar refractivity (Wildman–Crippen MR) is 150 cm³/mol. The molecule has 38 heavy (non-hydrogen) atoms. The Bertz CT molecular complexity index is 1430. The predicted octanol–water partition coefficient (Wildman–Crippen LogP) is 3.55. The van der Waals surface area contributed by atoms with Gasteiger partial charge in [-0.2, -0.15) is 4.98 Å². The summed E-state index contributed by atoms with van der Waals surface area (Å²) in [6.45, 7) is 11.6. The number of rotatable bonds is 8. The zero-order valence-corrected chi connectivity index (χ0v) is 21.6. The molecule has 10 nitrogen and oxygen atoms in total. The van der Waals surface area contributed by atoms with Gasteiger partial charge in [-0.05, 0) is 56.3 Å². The summed E-state index contributed by atoms with van der Waals surface area (Å²) in [5.41, 5.74) is 4.18. The second-order valence-corrected chi connectivity index (χ2v) is 10.0. The van der Waals surface area contributed by atoms with Crippen LogP contribution in [0.2, 0.25) is 0 Å². The summed E-state index contributed by atoms with van der Waals surface area (Å²) in [6, 6.07) is 15.7. The van der Waals surface area contributed by atoms with Crippen molar-refractivity contribution in [2.75, 3.05) is 48.3 Å². The summed E-state index contributed by atoms with van der Waals surface area (Å²) >= 11 is 0. The van der Waals surface area contributed by atoms with Gasteiger partial charge in [0, 0.05) is 55.3 Å². The highest BCUT2D eigenvalue weighted by Gasteiger charge is 2.23. The van der Waals surface area contributed by atoms with Crippen LogP contribution in [0.1, 0.15) is 13.8 Å². The molecule has 0 radical (unpaired) electrons. The van der Waals surface area contributed by atoms with E-state index < -0.39 is 5.60 Å². The van der Waals surface area contributed by atoms with Crippen LogP contribution < -0.4 is 15.5 Å². The third kappa shape index (κ3) is 5.99. The van der Waals surface area contributed by atoms with Crippen molar-refractivity contribution < 1.29 is 9.90 Å². The van der Waals surface area contributed by atoms with E-state index >= 15 is 0 Å². The molecule has 0 aliphatic carbocycles. The highest BCUT2D eigenvalue weighted by Crippen LogP contribution is 2.26. The van der Waals surface area contributed by atoms with E-state index in [0.29, 0.717) is 29.5 Å². The Morgan fingerprint density at radius 3 is 2.50 bits per heavy atom. The Morgan fingerprint density at radius 2 is 1.79 bits per heavy atom. The zero-order valence-electron chi connectivity index (χ0n) is 21.6. The van der Waals surface area contributed by atoms with E-state index in [9.17, 15) is 9.90 Å². The number of amides is 1. The molecule has 4 aromatic rings. The second kappa shape index (κ2) is 10.6. The Labute approximate surface area is 221 Å². The van der Waals surface area contributed by atoms with Crippen LogP contribution in [0.3, 0.4) is 0 Å². The molecule has 1 aliphatic rings. The van der Waals surface area contributed by atoms with E-state index in [1.165, 1.54) is 6.08 Å².